The Labute approximate surface area is 183 Å². The van der Waals surface area contributed by atoms with Crippen LogP contribution in [0.25, 0.3) is 0 Å². The first-order valence-corrected chi connectivity index (χ1v) is 10.7. The van der Waals surface area contributed by atoms with Gasteiger partial charge in [0.25, 0.3) is 0 Å². The van der Waals surface area contributed by atoms with Crippen molar-refractivity contribution in [1.82, 2.24) is 15.1 Å². The molecule has 0 spiro atoms. The quantitative estimate of drug-likeness (QED) is 0.572. The summed E-state index contributed by atoms with van der Waals surface area (Å²) in [6.07, 6.45) is 4.32. The van der Waals surface area contributed by atoms with Crippen molar-refractivity contribution in [1.29, 1.82) is 0 Å². The van der Waals surface area contributed by atoms with Crippen LogP contribution in [0.4, 0.5) is 5.82 Å². The first kappa shape index (κ1) is 21.1. The zero-order chi connectivity index (χ0) is 21.8. The Morgan fingerprint density at radius 2 is 1.81 bits per heavy atom. The van der Waals surface area contributed by atoms with Gasteiger partial charge in [0.2, 0.25) is 5.91 Å². The number of aromatic amines is 1. The molecule has 2 N–H and O–H groups in total. The Bertz CT molecular complexity index is 1020. The van der Waals surface area contributed by atoms with Crippen LogP contribution in [0, 0.1) is 0 Å². The molecule has 0 aliphatic heterocycles. The van der Waals surface area contributed by atoms with Gasteiger partial charge in [-0.15, -0.1) is 0 Å². The molecular formula is C25H30N4O2. The molecule has 0 bridgehead atoms. The zero-order valence-corrected chi connectivity index (χ0v) is 18.4. The minimum absolute atomic E-state index is 0.0529. The number of benzene rings is 2. The number of rotatable bonds is 8. The van der Waals surface area contributed by atoms with E-state index in [2.05, 4.69) is 58.8 Å². The van der Waals surface area contributed by atoms with E-state index in [1.807, 2.05) is 30.5 Å². The zero-order valence-electron chi connectivity index (χ0n) is 18.4. The van der Waals surface area contributed by atoms with E-state index in [0.717, 1.165) is 42.1 Å². The molecule has 0 atom stereocenters. The number of H-pyrrole nitrogens is 1. The lowest BCUT2D eigenvalue weighted by molar-refractivity contribution is -0.115. The molecule has 1 amide bonds. The molecular weight excluding hydrogens is 388 g/mol. The average Bonchev–Trinajstić information content (AvgIpc) is 3.16. The molecule has 1 saturated carbocycles. The van der Waals surface area contributed by atoms with Crippen molar-refractivity contribution in [2.45, 2.75) is 37.6 Å². The molecule has 1 heterocycles. The van der Waals surface area contributed by atoms with E-state index in [9.17, 15) is 4.79 Å². The molecule has 1 aromatic heterocycles. The van der Waals surface area contributed by atoms with Gasteiger partial charge in [0, 0.05) is 12.1 Å². The minimum atomic E-state index is -0.0529. The van der Waals surface area contributed by atoms with Crippen molar-refractivity contribution in [2.75, 3.05) is 26.5 Å². The number of aromatic nitrogens is 2. The monoisotopic (exact) mass is 418 g/mol. The fourth-order valence-corrected chi connectivity index (χ4v) is 4.36. The third-order valence-corrected chi connectivity index (χ3v) is 6.02. The van der Waals surface area contributed by atoms with Crippen molar-refractivity contribution >= 4 is 11.7 Å². The van der Waals surface area contributed by atoms with Gasteiger partial charge in [-0.3, -0.25) is 9.89 Å². The fourth-order valence-electron chi connectivity index (χ4n) is 4.36. The van der Waals surface area contributed by atoms with Crippen LogP contribution in [-0.4, -0.2) is 42.2 Å². The van der Waals surface area contributed by atoms with Gasteiger partial charge in [-0.1, -0.05) is 36.4 Å². The van der Waals surface area contributed by atoms with E-state index in [0.29, 0.717) is 18.3 Å². The third kappa shape index (κ3) is 4.97. The van der Waals surface area contributed by atoms with Crippen LogP contribution in [0.1, 0.15) is 46.9 Å². The molecule has 0 unspecified atom stereocenters. The van der Waals surface area contributed by atoms with Gasteiger partial charge in [-0.25, -0.2) is 0 Å². The SMILES string of the molecule is COc1ccc(CC(=O)Nc2[nH]ncc2C2CC(c3ccccc3CN(C)C)C2)cc1. The van der Waals surface area contributed by atoms with Gasteiger partial charge in [0.15, 0.2) is 0 Å². The number of nitrogens with zero attached hydrogens (tertiary/aromatic N) is 2. The number of methoxy groups -OCH3 is 1. The van der Waals surface area contributed by atoms with Crippen LogP contribution in [0.15, 0.2) is 54.7 Å². The number of ether oxygens (including phenoxy) is 1. The van der Waals surface area contributed by atoms with Gasteiger partial charge in [0.1, 0.15) is 11.6 Å². The Morgan fingerprint density at radius 3 is 2.52 bits per heavy atom. The standard InChI is InChI=1S/C25H30N4O2/c1-29(2)16-18-6-4-5-7-22(18)19-13-20(14-19)23-15-26-28-25(23)27-24(30)12-17-8-10-21(31-3)11-9-17/h4-11,15,19-20H,12-14,16H2,1-3H3,(H2,26,27,28,30). The fraction of sp³-hybridized carbons (Fsp3) is 0.360. The summed E-state index contributed by atoms with van der Waals surface area (Å²) in [4.78, 5) is 14.8. The number of hydrogen-bond donors (Lipinski definition) is 2. The van der Waals surface area contributed by atoms with E-state index in [-0.39, 0.29) is 5.91 Å². The highest BCUT2D eigenvalue weighted by Crippen LogP contribution is 2.49. The summed E-state index contributed by atoms with van der Waals surface area (Å²) in [6, 6.07) is 16.3. The summed E-state index contributed by atoms with van der Waals surface area (Å²) < 4.78 is 5.17. The lowest BCUT2D eigenvalue weighted by Gasteiger charge is -2.37. The van der Waals surface area contributed by atoms with Gasteiger partial charge in [-0.2, -0.15) is 5.10 Å². The van der Waals surface area contributed by atoms with E-state index >= 15 is 0 Å². The lowest BCUT2D eigenvalue weighted by atomic mass is 9.68. The van der Waals surface area contributed by atoms with E-state index in [1.165, 1.54) is 11.1 Å². The minimum Gasteiger partial charge on any atom is -0.497 e. The molecule has 162 valence electrons. The van der Waals surface area contributed by atoms with Gasteiger partial charge >= 0.3 is 0 Å². The Kier molecular flexibility index (Phi) is 6.37. The number of hydrogen-bond acceptors (Lipinski definition) is 4. The smallest absolute Gasteiger partial charge is 0.229 e. The van der Waals surface area contributed by atoms with Crippen molar-refractivity contribution < 1.29 is 9.53 Å². The molecule has 6 heteroatoms. The lowest BCUT2D eigenvalue weighted by Crippen LogP contribution is -2.24. The molecule has 0 radical (unpaired) electrons. The number of carbonyl (C=O) groups is 1. The second kappa shape index (κ2) is 9.35. The summed E-state index contributed by atoms with van der Waals surface area (Å²) in [5.74, 6) is 2.42. The van der Waals surface area contributed by atoms with Gasteiger partial charge in [-0.05, 0) is 67.6 Å². The molecule has 1 aliphatic carbocycles. The van der Waals surface area contributed by atoms with Crippen LogP contribution in [-0.2, 0) is 17.8 Å². The van der Waals surface area contributed by atoms with Gasteiger partial charge in [0.05, 0.1) is 19.7 Å². The Morgan fingerprint density at radius 1 is 1.10 bits per heavy atom. The molecule has 3 aromatic rings. The summed E-state index contributed by atoms with van der Waals surface area (Å²) in [7, 11) is 5.84. The summed E-state index contributed by atoms with van der Waals surface area (Å²) in [5, 5.41) is 10.2. The summed E-state index contributed by atoms with van der Waals surface area (Å²) in [5.41, 5.74) is 4.89. The van der Waals surface area contributed by atoms with Crippen molar-refractivity contribution in [3.05, 3.63) is 77.0 Å². The molecule has 6 nitrogen and oxygen atoms in total. The third-order valence-electron chi connectivity index (χ3n) is 6.02. The predicted octanol–water partition coefficient (Wildman–Crippen LogP) is 4.32. The maximum atomic E-state index is 12.6. The van der Waals surface area contributed by atoms with Gasteiger partial charge < -0.3 is 15.0 Å². The highest BCUT2D eigenvalue weighted by molar-refractivity contribution is 5.92. The molecule has 0 saturated heterocycles. The maximum absolute atomic E-state index is 12.6. The molecule has 1 aliphatic rings. The average molecular weight is 419 g/mol. The molecule has 1 fully saturated rings. The first-order valence-electron chi connectivity index (χ1n) is 10.7. The summed E-state index contributed by atoms with van der Waals surface area (Å²) in [6.45, 7) is 0.954. The molecule has 4 rings (SSSR count). The topological polar surface area (TPSA) is 70.2 Å². The van der Waals surface area contributed by atoms with E-state index < -0.39 is 0 Å². The molecule has 31 heavy (non-hydrogen) atoms. The van der Waals surface area contributed by atoms with Crippen LogP contribution in [0.2, 0.25) is 0 Å². The van der Waals surface area contributed by atoms with Crippen LogP contribution >= 0.6 is 0 Å². The van der Waals surface area contributed by atoms with E-state index in [4.69, 9.17) is 4.74 Å². The largest absolute Gasteiger partial charge is 0.497 e. The number of anilines is 1. The predicted molar refractivity (Wildman–Crippen MR) is 122 cm³/mol. The van der Waals surface area contributed by atoms with Crippen molar-refractivity contribution in [3.63, 3.8) is 0 Å². The van der Waals surface area contributed by atoms with Crippen molar-refractivity contribution in [3.8, 4) is 5.75 Å². The Hall–Kier alpha value is -3.12. The summed E-state index contributed by atoms with van der Waals surface area (Å²) >= 11 is 0. The number of carbonyl (C=O) groups excluding carboxylic acids is 1. The second-order valence-electron chi connectivity index (χ2n) is 8.58. The van der Waals surface area contributed by atoms with E-state index in [1.54, 1.807) is 7.11 Å². The van der Waals surface area contributed by atoms with Crippen molar-refractivity contribution in [2.24, 2.45) is 0 Å². The highest BCUT2D eigenvalue weighted by Gasteiger charge is 2.34. The second-order valence-corrected chi connectivity index (χ2v) is 8.58. The highest BCUT2D eigenvalue weighted by atomic mass is 16.5. The maximum Gasteiger partial charge on any atom is 0.229 e. The normalized spacial score (nSPS) is 17.9. The van der Waals surface area contributed by atoms with Crippen LogP contribution < -0.4 is 10.1 Å². The number of nitrogens with one attached hydrogen (secondary N) is 2. The molecule has 2 aromatic carbocycles. The number of amides is 1. The van der Waals surface area contributed by atoms with Crippen LogP contribution in [0.5, 0.6) is 5.75 Å². The van der Waals surface area contributed by atoms with Crippen LogP contribution in [0.3, 0.4) is 0 Å². The first-order chi connectivity index (χ1) is 15.0. The Balaban J connectivity index is 1.37.